The number of thiazole rings is 1. The van der Waals surface area contributed by atoms with Gasteiger partial charge in [-0.3, -0.25) is 4.99 Å². The lowest BCUT2D eigenvalue weighted by atomic mass is 10.1. The number of nitrogen functional groups attached to an aromatic ring is 1. The van der Waals surface area contributed by atoms with Crippen LogP contribution in [0.4, 0.5) is 10.2 Å². The number of benzene rings is 1. The summed E-state index contributed by atoms with van der Waals surface area (Å²) in [6.07, 6.45) is 4.18. The van der Waals surface area contributed by atoms with E-state index in [-0.39, 0.29) is 35.6 Å². The van der Waals surface area contributed by atoms with E-state index < -0.39 is 0 Å². The molecule has 0 fully saturated rings. The highest BCUT2D eigenvalue weighted by molar-refractivity contribution is 14.0. The van der Waals surface area contributed by atoms with E-state index in [1.165, 1.54) is 21.7 Å². The second-order valence-electron chi connectivity index (χ2n) is 6.74. The van der Waals surface area contributed by atoms with Gasteiger partial charge in [0, 0.05) is 24.7 Å². The first-order valence-corrected chi connectivity index (χ1v) is 10.8. The number of aromatic nitrogens is 3. The van der Waals surface area contributed by atoms with Crippen LogP contribution in [-0.2, 0) is 19.4 Å². The van der Waals surface area contributed by atoms with Crippen LogP contribution in [0, 0.1) is 17.1 Å². The minimum atomic E-state index is -0.344. The first kappa shape index (κ1) is 25.5. The smallest absolute Gasteiger partial charge is 0.191 e. The molecule has 0 saturated heterocycles. The van der Waals surface area contributed by atoms with Gasteiger partial charge in [-0.15, -0.1) is 35.3 Å². The van der Waals surface area contributed by atoms with Crippen molar-refractivity contribution in [1.29, 1.82) is 5.26 Å². The lowest BCUT2D eigenvalue weighted by molar-refractivity contribution is 0.627. The summed E-state index contributed by atoms with van der Waals surface area (Å²) in [7, 11) is 1.72. The number of aliphatic imine (C=N–C) groups is 1. The fourth-order valence-corrected chi connectivity index (χ4v) is 3.79. The molecule has 0 unspecified atom stereocenters. The van der Waals surface area contributed by atoms with Gasteiger partial charge < -0.3 is 16.4 Å². The minimum Gasteiger partial charge on any atom is -0.382 e. The number of rotatable bonds is 8. The number of nitriles is 1. The highest BCUT2D eigenvalue weighted by atomic mass is 127. The summed E-state index contributed by atoms with van der Waals surface area (Å²) in [5.74, 6) is 0.596. The molecule has 4 N–H and O–H groups in total. The van der Waals surface area contributed by atoms with Crippen molar-refractivity contribution in [2.75, 3.05) is 19.3 Å². The molecule has 0 amide bonds. The quantitative estimate of drug-likeness (QED) is 0.166. The first-order chi connectivity index (χ1) is 15.0. The van der Waals surface area contributed by atoms with Crippen molar-refractivity contribution in [3.8, 4) is 11.8 Å². The van der Waals surface area contributed by atoms with E-state index in [9.17, 15) is 9.65 Å². The van der Waals surface area contributed by atoms with E-state index in [1.54, 1.807) is 30.5 Å². The highest BCUT2D eigenvalue weighted by Crippen LogP contribution is 2.21. The molecule has 0 spiro atoms. The maximum Gasteiger partial charge on any atom is 0.191 e. The highest BCUT2D eigenvalue weighted by Gasteiger charge is 2.16. The number of nitrogens with one attached hydrogen (secondary N) is 2. The molecule has 0 saturated carbocycles. The third kappa shape index (κ3) is 6.39. The standard InChI is InChI=1S/C21H25FN8S.HI/c1-3-16-12-27-19(31-16)13-28-21(25-2)26-10-4-5-18-17(11-23)20(24)30(29-18)15-8-6-14(22)7-9-15;/h6-9,12H,3-5,10,13,24H2,1-2H3,(H2,25,26,28);1H. The normalized spacial score (nSPS) is 11.0. The predicted molar refractivity (Wildman–Crippen MR) is 136 cm³/mol. The molecule has 0 aliphatic heterocycles. The van der Waals surface area contributed by atoms with Crippen molar-refractivity contribution in [2.24, 2.45) is 4.99 Å². The summed E-state index contributed by atoms with van der Waals surface area (Å²) in [6, 6.07) is 7.94. The maximum atomic E-state index is 13.2. The summed E-state index contributed by atoms with van der Waals surface area (Å²) in [5.41, 5.74) is 7.67. The molecule has 3 rings (SSSR count). The van der Waals surface area contributed by atoms with Gasteiger partial charge in [0.2, 0.25) is 0 Å². The topological polar surface area (TPSA) is 117 Å². The molecule has 2 heterocycles. The molecule has 0 bridgehead atoms. The van der Waals surface area contributed by atoms with Crippen LogP contribution >= 0.6 is 35.3 Å². The van der Waals surface area contributed by atoms with Crippen molar-refractivity contribution >= 4 is 47.1 Å². The van der Waals surface area contributed by atoms with Gasteiger partial charge in [-0.25, -0.2) is 14.1 Å². The fraction of sp³-hybridized carbons (Fsp3) is 0.333. The number of aryl methyl sites for hydroxylation is 2. The van der Waals surface area contributed by atoms with Crippen LogP contribution in [0.3, 0.4) is 0 Å². The Morgan fingerprint density at radius 3 is 2.69 bits per heavy atom. The number of nitrogens with zero attached hydrogens (tertiary/aromatic N) is 5. The number of guanidine groups is 1. The Balaban J connectivity index is 0.00000363. The van der Waals surface area contributed by atoms with Crippen molar-refractivity contribution in [1.82, 2.24) is 25.4 Å². The molecule has 3 aromatic rings. The van der Waals surface area contributed by atoms with Crippen molar-refractivity contribution in [2.45, 2.75) is 32.7 Å². The summed E-state index contributed by atoms with van der Waals surface area (Å²) < 4.78 is 14.7. The Kier molecular flexibility index (Phi) is 9.86. The first-order valence-electron chi connectivity index (χ1n) is 9.97. The Morgan fingerprint density at radius 2 is 2.06 bits per heavy atom. The number of anilines is 1. The SMILES string of the molecule is CCc1cnc(CNC(=NC)NCCCc2nn(-c3ccc(F)cc3)c(N)c2C#N)s1.I. The lowest BCUT2D eigenvalue weighted by Crippen LogP contribution is -2.37. The molecular formula is C21H26FIN8S. The largest absolute Gasteiger partial charge is 0.382 e. The van der Waals surface area contributed by atoms with Crippen LogP contribution < -0.4 is 16.4 Å². The van der Waals surface area contributed by atoms with Crippen LogP contribution in [0.2, 0.25) is 0 Å². The van der Waals surface area contributed by atoms with Crippen LogP contribution in [-0.4, -0.2) is 34.3 Å². The van der Waals surface area contributed by atoms with E-state index in [2.05, 4.69) is 38.7 Å². The zero-order valence-electron chi connectivity index (χ0n) is 17.9. The molecule has 32 heavy (non-hydrogen) atoms. The molecule has 0 aliphatic rings. The molecule has 0 radical (unpaired) electrons. The van der Waals surface area contributed by atoms with Gasteiger partial charge in [-0.05, 0) is 43.5 Å². The van der Waals surface area contributed by atoms with Crippen LogP contribution in [0.5, 0.6) is 0 Å². The van der Waals surface area contributed by atoms with Gasteiger partial charge in [-0.2, -0.15) is 10.4 Å². The van der Waals surface area contributed by atoms with Gasteiger partial charge >= 0.3 is 0 Å². The van der Waals surface area contributed by atoms with E-state index >= 15 is 0 Å². The van der Waals surface area contributed by atoms with Crippen molar-refractivity contribution in [3.63, 3.8) is 0 Å². The third-order valence-corrected chi connectivity index (χ3v) is 5.78. The number of halogens is 2. The molecule has 2 aromatic heterocycles. The van der Waals surface area contributed by atoms with Gasteiger partial charge in [0.1, 0.15) is 28.3 Å². The average molecular weight is 568 g/mol. The second kappa shape index (κ2) is 12.4. The molecule has 0 aliphatic carbocycles. The molecule has 0 atom stereocenters. The molecule has 170 valence electrons. The van der Waals surface area contributed by atoms with Crippen molar-refractivity contribution < 1.29 is 4.39 Å². The van der Waals surface area contributed by atoms with Gasteiger partial charge in [0.25, 0.3) is 0 Å². The van der Waals surface area contributed by atoms with Crippen LogP contribution in [0.25, 0.3) is 5.69 Å². The van der Waals surface area contributed by atoms with Crippen LogP contribution in [0.1, 0.15) is 34.5 Å². The Hall–Kier alpha value is -2.72. The summed E-state index contributed by atoms with van der Waals surface area (Å²) >= 11 is 1.69. The van der Waals surface area contributed by atoms with E-state index in [4.69, 9.17) is 5.73 Å². The predicted octanol–water partition coefficient (Wildman–Crippen LogP) is 3.40. The number of hydrogen-bond acceptors (Lipinski definition) is 6. The Bertz CT molecular complexity index is 1080. The molecular weight excluding hydrogens is 542 g/mol. The minimum absolute atomic E-state index is 0. The second-order valence-corrected chi connectivity index (χ2v) is 7.94. The maximum absolute atomic E-state index is 13.2. The average Bonchev–Trinajstić information content (AvgIpc) is 3.37. The number of hydrogen-bond donors (Lipinski definition) is 3. The van der Waals surface area contributed by atoms with Crippen molar-refractivity contribution in [3.05, 3.63) is 57.4 Å². The van der Waals surface area contributed by atoms with E-state index in [1.807, 2.05) is 6.20 Å². The lowest BCUT2D eigenvalue weighted by Gasteiger charge is -2.10. The summed E-state index contributed by atoms with van der Waals surface area (Å²) in [4.78, 5) is 9.87. The van der Waals surface area contributed by atoms with E-state index in [0.717, 1.165) is 17.8 Å². The molecule has 11 heteroatoms. The zero-order valence-corrected chi connectivity index (χ0v) is 21.1. The third-order valence-electron chi connectivity index (χ3n) is 4.64. The Labute approximate surface area is 207 Å². The monoisotopic (exact) mass is 568 g/mol. The van der Waals surface area contributed by atoms with Gasteiger partial charge in [0.15, 0.2) is 5.96 Å². The van der Waals surface area contributed by atoms with Crippen LogP contribution in [0.15, 0.2) is 35.5 Å². The van der Waals surface area contributed by atoms with Gasteiger partial charge in [-0.1, -0.05) is 6.92 Å². The zero-order chi connectivity index (χ0) is 22.2. The summed E-state index contributed by atoms with van der Waals surface area (Å²) in [5, 5.41) is 21.5. The van der Waals surface area contributed by atoms with Gasteiger partial charge in [0.05, 0.1) is 17.9 Å². The number of nitrogens with two attached hydrogens (primary N) is 1. The fourth-order valence-electron chi connectivity index (χ4n) is 2.99. The summed E-state index contributed by atoms with van der Waals surface area (Å²) in [6.45, 7) is 3.37. The molecule has 1 aromatic carbocycles. The van der Waals surface area contributed by atoms with E-state index in [0.29, 0.717) is 42.4 Å². The molecule has 8 nitrogen and oxygen atoms in total. The Morgan fingerprint density at radius 1 is 1.31 bits per heavy atom.